The van der Waals surface area contributed by atoms with Gasteiger partial charge in [0.15, 0.2) is 5.96 Å². The van der Waals surface area contributed by atoms with Gasteiger partial charge in [-0.2, -0.15) is 0 Å². The van der Waals surface area contributed by atoms with Crippen LogP contribution >= 0.6 is 0 Å². The van der Waals surface area contributed by atoms with E-state index in [9.17, 15) is 4.79 Å². The summed E-state index contributed by atoms with van der Waals surface area (Å²) in [6, 6.07) is 0. The third-order valence-electron chi connectivity index (χ3n) is 5.22. The lowest BCUT2D eigenvalue weighted by Crippen LogP contribution is -2.51. The van der Waals surface area contributed by atoms with E-state index in [1.54, 1.807) is 0 Å². The summed E-state index contributed by atoms with van der Waals surface area (Å²) in [4.78, 5) is 18.8. The number of likely N-dealkylation sites (tertiary alicyclic amines) is 1. The van der Waals surface area contributed by atoms with E-state index in [0.29, 0.717) is 6.42 Å². The van der Waals surface area contributed by atoms with Crippen LogP contribution in [0.2, 0.25) is 0 Å². The molecule has 21 heavy (non-hydrogen) atoms. The van der Waals surface area contributed by atoms with Gasteiger partial charge >= 0.3 is 0 Å². The van der Waals surface area contributed by atoms with Crippen molar-refractivity contribution in [3.63, 3.8) is 0 Å². The largest absolute Gasteiger partial charge is 0.357 e. The Morgan fingerprint density at radius 1 is 1.48 bits per heavy atom. The minimum atomic E-state index is 0.141. The number of rotatable bonds is 3. The van der Waals surface area contributed by atoms with Gasteiger partial charge in [-0.25, -0.2) is 0 Å². The second-order valence-corrected chi connectivity index (χ2v) is 6.97. The van der Waals surface area contributed by atoms with E-state index in [-0.39, 0.29) is 11.3 Å². The lowest BCUT2D eigenvalue weighted by Gasteiger charge is -2.41. The second-order valence-electron chi connectivity index (χ2n) is 6.97. The monoisotopic (exact) mass is 292 g/mol. The Hall–Kier alpha value is -1.26. The van der Waals surface area contributed by atoms with Crippen LogP contribution in [0.15, 0.2) is 4.99 Å². The molecule has 0 aromatic heterocycles. The first kappa shape index (κ1) is 14.7. The molecular formula is C16H28N4O. The summed E-state index contributed by atoms with van der Waals surface area (Å²) in [5.41, 5.74) is 0.141. The highest BCUT2D eigenvalue weighted by atomic mass is 16.1. The van der Waals surface area contributed by atoms with Crippen LogP contribution in [0.4, 0.5) is 0 Å². The number of nitrogens with zero attached hydrogens (tertiary/aromatic N) is 2. The maximum absolute atomic E-state index is 11.6. The van der Waals surface area contributed by atoms with Crippen molar-refractivity contribution in [1.82, 2.24) is 15.5 Å². The normalized spacial score (nSPS) is 30.4. The van der Waals surface area contributed by atoms with Gasteiger partial charge in [-0.05, 0) is 38.5 Å². The van der Waals surface area contributed by atoms with Gasteiger partial charge in [-0.15, -0.1) is 0 Å². The molecule has 1 atom stereocenters. The van der Waals surface area contributed by atoms with E-state index in [1.165, 1.54) is 19.3 Å². The fraction of sp³-hybridized carbons (Fsp3) is 0.875. The van der Waals surface area contributed by atoms with Crippen molar-refractivity contribution in [2.24, 2.45) is 16.3 Å². The van der Waals surface area contributed by atoms with Gasteiger partial charge in [0, 0.05) is 44.6 Å². The van der Waals surface area contributed by atoms with Crippen LogP contribution in [-0.2, 0) is 4.79 Å². The Morgan fingerprint density at radius 3 is 2.95 bits per heavy atom. The fourth-order valence-corrected chi connectivity index (χ4v) is 3.75. The third-order valence-corrected chi connectivity index (χ3v) is 5.22. The molecule has 1 spiro atoms. The highest BCUT2D eigenvalue weighted by molar-refractivity contribution is 5.81. The maximum atomic E-state index is 11.6. The molecule has 0 aromatic rings. The standard InChI is InChI=1S/C16H28N4O/c1-2-17-15(18-10-13-5-3-6-13)20-8-4-7-16(12-20)9-14(21)19-11-16/h13H,2-12H2,1H3,(H,17,18)(H,19,21). The van der Waals surface area contributed by atoms with E-state index in [0.717, 1.165) is 57.4 Å². The van der Waals surface area contributed by atoms with E-state index in [1.807, 2.05) is 0 Å². The second kappa shape index (κ2) is 6.24. The lowest BCUT2D eigenvalue weighted by atomic mass is 9.79. The molecular weight excluding hydrogens is 264 g/mol. The fourth-order valence-electron chi connectivity index (χ4n) is 3.75. The minimum absolute atomic E-state index is 0.141. The summed E-state index contributed by atoms with van der Waals surface area (Å²) >= 11 is 0. The number of hydrogen-bond donors (Lipinski definition) is 2. The van der Waals surface area contributed by atoms with Crippen LogP contribution in [-0.4, -0.2) is 49.5 Å². The van der Waals surface area contributed by atoms with Crippen LogP contribution < -0.4 is 10.6 Å². The lowest BCUT2D eigenvalue weighted by molar-refractivity contribution is -0.119. The Bertz CT molecular complexity index is 419. The summed E-state index contributed by atoms with van der Waals surface area (Å²) in [7, 11) is 0. The Labute approximate surface area is 127 Å². The number of guanidine groups is 1. The number of carbonyl (C=O) groups excluding carboxylic acids is 1. The first-order valence-electron chi connectivity index (χ1n) is 8.51. The van der Waals surface area contributed by atoms with E-state index >= 15 is 0 Å². The molecule has 0 aromatic carbocycles. The summed E-state index contributed by atoms with van der Waals surface area (Å²) in [5, 5.41) is 6.46. The molecule has 1 aliphatic carbocycles. The van der Waals surface area contributed by atoms with Crippen molar-refractivity contribution >= 4 is 11.9 Å². The summed E-state index contributed by atoms with van der Waals surface area (Å²) in [6.07, 6.45) is 7.05. The average molecular weight is 292 g/mol. The number of hydrogen-bond acceptors (Lipinski definition) is 2. The molecule has 1 amide bonds. The van der Waals surface area contributed by atoms with Crippen molar-refractivity contribution in [2.75, 3.05) is 32.7 Å². The quantitative estimate of drug-likeness (QED) is 0.610. The Kier molecular flexibility index (Phi) is 4.36. The van der Waals surface area contributed by atoms with E-state index < -0.39 is 0 Å². The van der Waals surface area contributed by atoms with Crippen LogP contribution in [0, 0.1) is 11.3 Å². The smallest absolute Gasteiger partial charge is 0.220 e. The summed E-state index contributed by atoms with van der Waals surface area (Å²) < 4.78 is 0. The SMILES string of the molecule is CCNC(=NCC1CCC1)N1CCCC2(CNC(=O)C2)C1. The van der Waals surface area contributed by atoms with Gasteiger partial charge in [0.05, 0.1) is 0 Å². The predicted molar refractivity (Wildman–Crippen MR) is 84.2 cm³/mol. The summed E-state index contributed by atoms with van der Waals surface area (Å²) in [5.74, 6) is 2.07. The van der Waals surface area contributed by atoms with Gasteiger partial charge in [-0.3, -0.25) is 9.79 Å². The van der Waals surface area contributed by atoms with Crippen LogP contribution in [0.5, 0.6) is 0 Å². The van der Waals surface area contributed by atoms with Crippen LogP contribution in [0.3, 0.4) is 0 Å². The predicted octanol–water partition coefficient (Wildman–Crippen LogP) is 1.35. The molecule has 3 aliphatic rings. The molecule has 5 nitrogen and oxygen atoms in total. The zero-order valence-corrected chi connectivity index (χ0v) is 13.2. The van der Waals surface area contributed by atoms with Gasteiger partial charge in [0.1, 0.15) is 0 Å². The van der Waals surface area contributed by atoms with Crippen molar-refractivity contribution in [1.29, 1.82) is 0 Å². The molecule has 3 fully saturated rings. The van der Waals surface area contributed by atoms with Crippen LogP contribution in [0.25, 0.3) is 0 Å². The number of carbonyl (C=O) groups is 1. The van der Waals surface area contributed by atoms with Gasteiger partial charge < -0.3 is 15.5 Å². The number of aliphatic imine (C=N–C) groups is 1. The van der Waals surface area contributed by atoms with Crippen molar-refractivity contribution in [2.45, 2.75) is 45.4 Å². The Morgan fingerprint density at radius 2 is 2.33 bits per heavy atom. The van der Waals surface area contributed by atoms with E-state index in [4.69, 9.17) is 4.99 Å². The zero-order valence-electron chi connectivity index (χ0n) is 13.2. The topological polar surface area (TPSA) is 56.7 Å². The molecule has 3 rings (SSSR count). The highest BCUT2D eigenvalue weighted by Crippen LogP contribution is 2.36. The van der Waals surface area contributed by atoms with Gasteiger partial charge in [-0.1, -0.05) is 6.42 Å². The first-order chi connectivity index (χ1) is 10.2. The molecule has 118 valence electrons. The zero-order chi connectivity index (χ0) is 14.7. The molecule has 0 bridgehead atoms. The molecule has 2 aliphatic heterocycles. The van der Waals surface area contributed by atoms with Crippen molar-refractivity contribution < 1.29 is 4.79 Å². The minimum Gasteiger partial charge on any atom is -0.357 e. The Balaban J connectivity index is 1.65. The number of amides is 1. The van der Waals surface area contributed by atoms with E-state index in [2.05, 4.69) is 22.5 Å². The highest BCUT2D eigenvalue weighted by Gasteiger charge is 2.42. The van der Waals surface area contributed by atoms with Gasteiger partial charge in [0.25, 0.3) is 0 Å². The van der Waals surface area contributed by atoms with Crippen molar-refractivity contribution in [3.05, 3.63) is 0 Å². The number of piperidine rings is 1. The summed E-state index contributed by atoms with van der Waals surface area (Å²) in [6.45, 7) is 6.85. The third kappa shape index (κ3) is 3.33. The molecule has 1 saturated carbocycles. The molecule has 1 unspecified atom stereocenters. The molecule has 2 heterocycles. The van der Waals surface area contributed by atoms with Crippen LogP contribution in [0.1, 0.15) is 45.4 Å². The first-order valence-corrected chi connectivity index (χ1v) is 8.51. The molecule has 2 saturated heterocycles. The maximum Gasteiger partial charge on any atom is 0.220 e. The number of nitrogens with one attached hydrogen (secondary N) is 2. The molecule has 5 heteroatoms. The van der Waals surface area contributed by atoms with Crippen molar-refractivity contribution in [3.8, 4) is 0 Å². The molecule has 2 N–H and O–H groups in total. The van der Waals surface area contributed by atoms with Gasteiger partial charge in [0.2, 0.25) is 5.91 Å². The average Bonchev–Trinajstić information content (AvgIpc) is 2.76. The molecule has 0 radical (unpaired) electrons.